The van der Waals surface area contributed by atoms with Crippen LogP contribution in [-0.2, 0) is 11.2 Å². The Kier molecular flexibility index (Phi) is 11.9. The van der Waals surface area contributed by atoms with Gasteiger partial charge in [0.05, 0.1) is 31.0 Å². The Morgan fingerprint density at radius 2 is 1.85 bits per heavy atom. The van der Waals surface area contributed by atoms with E-state index >= 15 is 0 Å². The van der Waals surface area contributed by atoms with E-state index in [0.29, 0.717) is 5.96 Å². The van der Waals surface area contributed by atoms with E-state index in [1.54, 1.807) is 6.20 Å². The number of hydrogen-bond donors (Lipinski definition) is 3. The number of nitrogens with zero attached hydrogens (tertiary/aromatic N) is 3. The van der Waals surface area contributed by atoms with Gasteiger partial charge in [0.2, 0.25) is 0 Å². The Labute approximate surface area is 213 Å². The molecule has 1 heterocycles. The Morgan fingerprint density at radius 3 is 2.52 bits per heavy atom. The van der Waals surface area contributed by atoms with Gasteiger partial charge in [-0.2, -0.15) is 5.10 Å². The van der Waals surface area contributed by atoms with Crippen molar-refractivity contribution >= 4 is 29.9 Å². The van der Waals surface area contributed by atoms with Gasteiger partial charge in [-0.1, -0.05) is 42.5 Å². The van der Waals surface area contributed by atoms with Crippen LogP contribution in [0.2, 0.25) is 0 Å². The molecule has 0 spiro atoms. The first-order chi connectivity index (χ1) is 15.7. The van der Waals surface area contributed by atoms with Crippen molar-refractivity contribution in [3.8, 4) is 5.69 Å². The molecule has 0 aliphatic heterocycles. The van der Waals surface area contributed by atoms with Crippen LogP contribution in [0.5, 0.6) is 0 Å². The fourth-order valence-electron chi connectivity index (χ4n) is 3.23. The van der Waals surface area contributed by atoms with Crippen molar-refractivity contribution in [2.24, 2.45) is 4.99 Å². The highest BCUT2D eigenvalue weighted by Gasteiger charge is 2.10. The second-order valence-electron chi connectivity index (χ2n) is 7.55. The standard InChI is InChI=1S/C25H33N5O2.HI/c1-3-26-25(28-18-24(31)19-32-20(2)22-8-5-4-6-9-22)27-16-14-21-10-12-23(13-11-21)30-17-7-15-29-30;/h4-13,15,17,20,24,31H,3,14,16,18-19H2,1-2H3,(H2,26,27,28);1H. The zero-order valence-corrected chi connectivity index (χ0v) is 21.6. The maximum atomic E-state index is 10.3. The predicted octanol–water partition coefficient (Wildman–Crippen LogP) is 3.73. The summed E-state index contributed by atoms with van der Waals surface area (Å²) >= 11 is 0. The van der Waals surface area contributed by atoms with Gasteiger partial charge in [-0.25, -0.2) is 4.68 Å². The lowest BCUT2D eigenvalue weighted by atomic mass is 10.1. The fourth-order valence-corrected chi connectivity index (χ4v) is 3.23. The number of aliphatic imine (C=N–C) groups is 1. The molecular formula is C25H34IN5O2. The van der Waals surface area contributed by atoms with Crippen molar-refractivity contribution in [2.75, 3.05) is 26.2 Å². The van der Waals surface area contributed by atoms with Gasteiger partial charge in [0.1, 0.15) is 0 Å². The third kappa shape index (κ3) is 9.15. The minimum absolute atomic E-state index is 0. The molecule has 0 bridgehead atoms. The molecule has 2 aromatic carbocycles. The third-order valence-electron chi connectivity index (χ3n) is 5.02. The van der Waals surface area contributed by atoms with E-state index < -0.39 is 6.10 Å². The van der Waals surface area contributed by atoms with E-state index in [4.69, 9.17) is 4.74 Å². The van der Waals surface area contributed by atoms with Gasteiger partial charge in [-0.15, -0.1) is 24.0 Å². The summed E-state index contributed by atoms with van der Waals surface area (Å²) in [4.78, 5) is 4.50. The lowest BCUT2D eigenvalue weighted by Crippen LogP contribution is -2.39. The average Bonchev–Trinajstić information content (AvgIpc) is 3.37. The van der Waals surface area contributed by atoms with E-state index in [9.17, 15) is 5.11 Å². The number of guanidine groups is 1. The van der Waals surface area contributed by atoms with Crippen LogP contribution in [0.25, 0.3) is 5.69 Å². The molecule has 0 amide bonds. The van der Waals surface area contributed by atoms with Crippen LogP contribution in [0.4, 0.5) is 0 Å². The minimum Gasteiger partial charge on any atom is -0.389 e. The molecule has 33 heavy (non-hydrogen) atoms. The SMILES string of the molecule is CCNC(=NCC(O)COC(C)c1ccccc1)NCCc1ccc(-n2cccn2)cc1.I. The molecule has 0 fully saturated rings. The maximum absolute atomic E-state index is 10.3. The van der Waals surface area contributed by atoms with Gasteiger partial charge in [-0.05, 0) is 49.6 Å². The summed E-state index contributed by atoms with van der Waals surface area (Å²) in [6.07, 6.45) is 3.83. The molecular weight excluding hydrogens is 529 g/mol. The quantitative estimate of drug-likeness (QED) is 0.188. The molecule has 0 saturated heterocycles. The van der Waals surface area contributed by atoms with E-state index in [1.807, 2.05) is 61.1 Å². The highest BCUT2D eigenvalue weighted by atomic mass is 127. The fraction of sp³-hybridized carbons (Fsp3) is 0.360. The van der Waals surface area contributed by atoms with Crippen LogP contribution >= 0.6 is 24.0 Å². The zero-order chi connectivity index (χ0) is 22.6. The summed E-state index contributed by atoms with van der Waals surface area (Å²) in [6, 6.07) is 20.2. The lowest BCUT2D eigenvalue weighted by Gasteiger charge is -2.17. The Bertz CT molecular complexity index is 933. The maximum Gasteiger partial charge on any atom is 0.191 e. The number of nitrogens with one attached hydrogen (secondary N) is 2. The molecule has 0 saturated carbocycles. The molecule has 0 aliphatic carbocycles. The highest BCUT2D eigenvalue weighted by molar-refractivity contribution is 14.0. The summed E-state index contributed by atoms with van der Waals surface area (Å²) in [5, 5.41) is 21.1. The summed E-state index contributed by atoms with van der Waals surface area (Å²) in [5.74, 6) is 0.691. The van der Waals surface area contributed by atoms with E-state index in [1.165, 1.54) is 5.56 Å². The zero-order valence-electron chi connectivity index (χ0n) is 19.2. The van der Waals surface area contributed by atoms with Crippen LogP contribution in [0.15, 0.2) is 78.0 Å². The number of benzene rings is 2. The number of aliphatic hydroxyl groups is 1. The lowest BCUT2D eigenvalue weighted by molar-refractivity contribution is 0.00112. The molecule has 178 valence electrons. The minimum atomic E-state index is -0.661. The third-order valence-corrected chi connectivity index (χ3v) is 5.02. The first kappa shape index (κ1) is 26.8. The van der Waals surface area contributed by atoms with Crippen molar-refractivity contribution < 1.29 is 9.84 Å². The number of hydrogen-bond acceptors (Lipinski definition) is 4. The van der Waals surface area contributed by atoms with Crippen molar-refractivity contribution in [1.29, 1.82) is 0 Å². The van der Waals surface area contributed by atoms with Crippen molar-refractivity contribution in [3.63, 3.8) is 0 Å². The second-order valence-corrected chi connectivity index (χ2v) is 7.55. The van der Waals surface area contributed by atoms with Crippen LogP contribution < -0.4 is 10.6 Å². The first-order valence-electron chi connectivity index (χ1n) is 11.1. The summed E-state index contributed by atoms with van der Waals surface area (Å²) in [7, 11) is 0. The van der Waals surface area contributed by atoms with Crippen molar-refractivity contribution in [3.05, 3.63) is 84.2 Å². The first-order valence-corrected chi connectivity index (χ1v) is 11.1. The second kappa shape index (κ2) is 14.7. The molecule has 3 rings (SSSR count). The van der Waals surface area contributed by atoms with Gasteiger partial charge in [0.25, 0.3) is 0 Å². The molecule has 3 N–H and O–H groups in total. The van der Waals surface area contributed by atoms with Crippen molar-refractivity contribution in [1.82, 2.24) is 20.4 Å². The smallest absolute Gasteiger partial charge is 0.191 e. The molecule has 1 aromatic heterocycles. The number of aliphatic hydroxyl groups excluding tert-OH is 1. The molecule has 7 nitrogen and oxygen atoms in total. The molecule has 2 unspecified atom stereocenters. The van der Waals surface area contributed by atoms with E-state index in [-0.39, 0.29) is 43.2 Å². The van der Waals surface area contributed by atoms with Crippen LogP contribution in [-0.4, -0.2) is 53.2 Å². The molecule has 3 aromatic rings. The van der Waals surface area contributed by atoms with Gasteiger partial charge >= 0.3 is 0 Å². The van der Waals surface area contributed by atoms with Crippen LogP contribution in [0.3, 0.4) is 0 Å². The molecule has 8 heteroatoms. The number of rotatable bonds is 11. The van der Waals surface area contributed by atoms with E-state index in [2.05, 4.69) is 45.0 Å². The highest BCUT2D eigenvalue weighted by Crippen LogP contribution is 2.16. The molecule has 0 aliphatic rings. The number of halogens is 1. The normalized spacial score (nSPS) is 13.1. The topological polar surface area (TPSA) is 83.7 Å². The monoisotopic (exact) mass is 563 g/mol. The predicted molar refractivity (Wildman–Crippen MR) is 143 cm³/mol. The van der Waals surface area contributed by atoms with Gasteiger partial charge in [0, 0.05) is 25.5 Å². The number of ether oxygens (including phenoxy) is 1. The summed E-state index contributed by atoms with van der Waals surface area (Å²) in [6.45, 7) is 6.01. The van der Waals surface area contributed by atoms with Gasteiger partial charge in [0.15, 0.2) is 5.96 Å². The molecule has 2 atom stereocenters. The van der Waals surface area contributed by atoms with Gasteiger partial charge in [-0.3, -0.25) is 4.99 Å². The Balaban J connectivity index is 0.00000385. The Morgan fingerprint density at radius 1 is 1.09 bits per heavy atom. The summed E-state index contributed by atoms with van der Waals surface area (Å²) < 4.78 is 7.63. The number of aromatic nitrogens is 2. The van der Waals surface area contributed by atoms with Crippen LogP contribution in [0, 0.1) is 0 Å². The van der Waals surface area contributed by atoms with Crippen molar-refractivity contribution in [2.45, 2.75) is 32.5 Å². The molecule has 0 radical (unpaired) electrons. The summed E-state index contributed by atoms with van der Waals surface area (Å²) in [5.41, 5.74) is 3.36. The average molecular weight is 563 g/mol. The van der Waals surface area contributed by atoms with Crippen LogP contribution in [0.1, 0.15) is 31.1 Å². The Hall–Kier alpha value is -2.43. The largest absolute Gasteiger partial charge is 0.389 e. The van der Waals surface area contributed by atoms with E-state index in [0.717, 1.165) is 30.8 Å². The van der Waals surface area contributed by atoms with Gasteiger partial charge < -0.3 is 20.5 Å².